The molecule has 0 bridgehead atoms. The first kappa shape index (κ1) is 21.8. The van der Waals surface area contributed by atoms with Crippen molar-refractivity contribution in [3.63, 3.8) is 0 Å². The minimum atomic E-state index is -4.65. The molecule has 0 aliphatic carbocycles. The molecule has 1 aromatic heterocycles. The number of alkyl halides is 3. The monoisotopic (exact) mass is 426 g/mol. The molecule has 1 aliphatic heterocycles. The molecule has 1 aromatic carbocycles. The second-order valence-corrected chi connectivity index (χ2v) is 6.84. The van der Waals surface area contributed by atoms with E-state index in [0.717, 1.165) is 0 Å². The Balaban J connectivity index is 1.46. The molecular weight excluding hydrogens is 405 g/mol. The summed E-state index contributed by atoms with van der Waals surface area (Å²) >= 11 is 0. The molecule has 30 heavy (non-hydrogen) atoms. The Morgan fingerprint density at radius 1 is 1.20 bits per heavy atom. The molecule has 162 valence electrons. The van der Waals surface area contributed by atoms with Crippen LogP contribution in [0.3, 0.4) is 0 Å². The summed E-state index contributed by atoms with van der Waals surface area (Å²) in [6.45, 7) is 3.18. The van der Waals surface area contributed by atoms with Gasteiger partial charge in [-0.15, -0.1) is 10.2 Å². The fourth-order valence-corrected chi connectivity index (χ4v) is 3.16. The van der Waals surface area contributed by atoms with E-state index in [1.807, 2.05) is 4.90 Å². The number of amides is 1. The highest BCUT2D eigenvalue weighted by atomic mass is 19.4. The number of esters is 1. The van der Waals surface area contributed by atoms with E-state index in [4.69, 9.17) is 9.15 Å². The van der Waals surface area contributed by atoms with E-state index in [0.29, 0.717) is 37.2 Å². The topological polar surface area (TPSA) is 97.6 Å². The maximum Gasteiger partial charge on any atom is 0.470 e. The largest absolute Gasteiger partial charge is 0.470 e. The van der Waals surface area contributed by atoms with Crippen LogP contribution in [0.4, 0.5) is 18.9 Å². The maximum atomic E-state index is 12.6. The van der Waals surface area contributed by atoms with Crippen LogP contribution in [0.25, 0.3) is 0 Å². The highest BCUT2D eigenvalue weighted by Crippen LogP contribution is 2.32. The van der Waals surface area contributed by atoms with Gasteiger partial charge in [-0.25, -0.2) is 4.79 Å². The summed E-state index contributed by atoms with van der Waals surface area (Å²) in [6, 6.07) is 6.37. The number of carbonyl (C=O) groups excluding carboxylic acids is 2. The predicted molar refractivity (Wildman–Crippen MR) is 98.7 cm³/mol. The van der Waals surface area contributed by atoms with Crippen LogP contribution in [0, 0.1) is 0 Å². The number of rotatable bonds is 6. The first-order valence-corrected chi connectivity index (χ1v) is 9.46. The molecule has 1 saturated heterocycles. The van der Waals surface area contributed by atoms with E-state index in [1.165, 1.54) is 0 Å². The quantitative estimate of drug-likeness (QED) is 0.709. The van der Waals surface area contributed by atoms with Crippen LogP contribution in [0.2, 0.25) is 0 Å². The van der Waals surface area contributed by atoms with Crippen LogP contribution < -0.4 is 5.32 Å². The van der Waals surface area contributed by atoms with Gasteiger partial charge in [0.05, 0.1) is 18.7 Å². The number of nitrogens with one attached hydrogen (secondary N) is 1. The number of likely N-dealkylation sites (tertiary alicyclic amines) is 1. The lowest BCUT2D eigenvalue weighted by Crippen LogP contribution is -2.38. The molecular formula is C19H21F3N4O4. The molecule has 1 N–H and O–H groups in total. The van der Waals surface area contributed by atoms with Crippen LogP contribution in [-0.2, 0) is 15.7 Å². The highest BCUT2D eigenvalue weighted by molar-refractivity contribution is 5.94. The zero-order chi connectivity index (χ0) is 21.7. The first-order chi connectivity index (χ1) is 14.3. The Morgan fingerprint density at radius 3 is 2.43 bits per heavy atom. The van der Waals surface area contributed by atoms with E-state index in [1.54, 1.807) is 31.2 Å². The Kier molecular flexibility index (Phi) is 6.70. The fraction of sp³-hybridized carbons (Fsp3) is 0.474. The second-order valence-electron chi connectivity index (χ2n) is 6.84. The fourth-order valence-electron chi connectivity index (χ4n) is 3.16. The third kappa shape index (κ3) is 5.56. The van der Waals surface area contributed by atoms with Crippen LogP contribution in [-0.4, -0.2) is 53.2 Å². The minimum absolute atomic E-state index is 0.0203. The number of benzene rings is 1. The van der Waals surface area contributed by atoms with Crippen LogP contribution in [0.1, 0.15) is 47.8 Å². The van der Waals surface area contributed by atoms with E-state index >= 15 is 0 Å². The Hall–Kier alpha value is -2.95. The number of halogens is 3. The van der Waals surface area contributed by atoms with Gasteiger partial charge >= 0.3 is 18.0 Å². The number of ether oxygens (including phenoxy) is 1. The van der Waals surface area contributed by atoms with Crippen molar-refractivity contribution in [3.05, 3.63) is 41.6 Å². The molecule has 8 nitrogen and oxygen atoms in total. The van der Waals surface area contributed by atoms with Gasteiger partial charge < -0.3 is 14.5 Å². The Labute approximate surface area is 170 Å². The number of hydrogen-bond donors (Lipinski definition) is 1. The molecule has 1 aliphatic rings. The van der Waals surface area contributed by atoms with Crippen molar-refractivity contribution < 1.29 is 31.9 Å². The molecule has 0 unspecified atom stereocenters. The zero-order valence-electron chi connectivity index (χ0n) is 16.2. The number of anilines is 1. The lowest BCUT2D eigenvalue weighted by Gasteiger charge is -2.29. The summed E-state index contributed by atoms with van der Waals surface area (Å²) in [6.07, 6.45) is -3.62. The Bertz CT molecular complexity index is 875. The summed E-state index contributed by atoms with van der Waals surface area (Å²) in [5.41, 5.74) is 0.945. The summed E-state index contributed by atoms with van der Waals surface area (Å²) in [5.74, 6) is -2.28. The van der Waals surface area contributed by atoms with E-state index in [-0.39, 0.29) is 30.9 Å². The van der Waals surface area contributed by atoms with Crippen molar-refractivity contribution in [1.29, 1.82) is 0 Å². The lowest BCUT2D eigenvalue weighted by atomic mass is 9.97. The Morgan fingerprint density at radius 2 is 1.87 bits per heavy atom. The average Bonchev–Trinajstić information content (AvgIpc) is 3.20. The van der Waals surface area contributed by atoms with Gasteiger partial charge in [-0.3, -0.25) is 9.69 Å². The summed E-state index contributed by atoms with van der Waals surface area (Å²) < 4.78 is 47.4. The molecule has 1 fully saturated rings. The molecule has 0 radical (unpaired) electrons. The maximum absolute atomic E-state index is 12.6. The summed E-state index contributed by atoms with van der Waals surface area (Å²) in [5, 5.41) is 9.32. The van der Waals surface area contributed by atoms with Gasteiger partial charge in [0.2, 0.25) is 11.8 Å². The van der Waals surface area contributed by atoms with Gasteiger partial charge in [-0.2, -0.15) is 13.2 Å². The number of hydrogen-bond acceptors (Lipinski definition) is 7. The molecule has 0 saturated carbocycles. The smallest absolute Gasteiger partial charge is 0.462 e. The lowest BCUT2D eigenvalue weighted by molar-refractivity contribution is -0.157. The van der Waals surface area contributed by atoms with Gasteiger partial charge in [-0.05, 0) is 57.1 Å². The molecule has 2 heterocycles. The van der Waals surface area contributed by atoms with E-state index < -0.39 is 18.0 Å². The van der Waals surface area contributed by atoms with Crippen LogP contribution >= 0.6 is 0 Å². The van der Waals surface area contributed by atoms with Crippen molar-refractivity contribution in [3.8, 4) is 0 Å². The predicted octanol–water partition coefficient (Wildman–Crippen LogP) is 3.08. The third-order valence-electron chi connectivity index (χ3n) is 4.67. The normalized spacial score (nSPS) is 15.7. The zero-order valence-corrected chi connectivity index (χ0v) is 16.2. The first-order valence-electron chi connectivity index (χ1n) is 9.46. The van der Waals surface area contributed by atoms with Crippen molar-refractivity contribution in [1.82, 2.24) is 15.1 Å². The van der Waals surface area contributed by atoms with Crippen LogP contribution in [0.15, 0.2) is 28.7 Å². The van der Waals surface area contributed by atoms with Gasteiger partial charge in [0.1, 0.15) is 0 Å². The van der Waals surface area contributed by atoms with Crippen LogP contribution in [0.5, 0.6) is 0 Å². The van der Waals surface area contributed by atoms with Crippen molar-refractivity contribution in [2.45, 2.75) is 31.9 Å². The van der Waals surface area contributed by atoms with Gasteiger partial charge in [-0.1, -0.05) is 0 Å². The third-order valence-corrected chi connectivity index (χ3v) is 4.67. The SMILES string of the molecule is CCOC(=O)c1ccc(NC(=O)CN2CCC(c3nnc(C(F)(F)F)o3)CC2)cc1. The van der Waals surface area contributed by atoms with Crippen molar-refractivity contribution in [2.24, 2.45) is 0 Å². The molecule has 2 aromatic rings. The van der Waals surface area contributed by atoms with Crippen molar-refractivity contribution >= 4 is 17.6 Å². The summed E-state index contributed by atoms with van der Waals surface area (Å²) in [4.78, 5) is 25.8. The molecule has 3 rings (SSSR count). The van der Waals surface area contributed by atoms with Gasteiger partial charge in [0, 0.05) is 11.6 Å². The standard InChI is InChI=1S/C19H21F3N4O4/c1-2-29-17(28)13-3-5-14(6-4-13)23-15(27)11-26-9-7-12(8-10-26)16-24-25-18(30-16)19(20,21)22/h3-6,12H,2,7-11H2,1H3,(H,23,27). The number of carbonyl (C=O) groups is 2. The van der Waals surface area contributed by atoms with Gasteiger partial charge in [0.25, 0.3) is 0 Å². The molecule has 11 heteroatoms. The number of piperidine rings is 1. The highest BCUT2D eigenvalue weighted by Gasteiger charge is 2.39. The van der Waals surface area contributed by atoms with Gasteiger partial charge in [0.15, 0.2) is 0 Å². The minimum Gasteiger partial charge on any atom is -0.462 e. The number of aromatic nitrogens is 2. The van der Waals surface area contributed by atoms with E-state index in [9.17, 15) is 22.8 Å². The molecule has 1 amide bonds. The average molecular weight is 426 g/mol. The second kappa shape index (κ2) is 9.24. The van der Waals surface area contributed by atoms with Crippen molar-refractivity contribution in [2.75, 3.05) is 31.6 Å². The van der Waals surface area contributed by atoms with E-state index in [2.05, 4.69) is 15.5 Å². The summed E-state index contributed by atoms with van der Waals surface area (Å²) in [7, 11) is 0. The molecule has 0 atom stereocenters. The number of nitrogens with zero attached hydrogens (tertiary/aromatic N) is 3. The molecule has 0 spiro atoms.